The predicted molar refractivity (Wildman–Crippen MR) is 136 cm³/mol. The summed E-state index contributed by atoms with van der Waals surface area (Å²) in [7, 11) is -2.62. The van der Waals surface area contributed by atoms with E-state index in [4.69, 9.17) is 32.2 Å². The molecule has 0 radical (unpaired) electrons. The molecule has 0 saturated carbocycles. The largest absolute Gasteiger partial charge is 0.328 e. The number of rotatable bonds is 6. The molecule has 0 aromatic heterocycles. The Hall–Kier alpha value is -4.55. The summed E-state index contributed by atoms with van der Waals surface area (Å²) in [5, 5.41) is 30.5. The van der Waals surface area contributed by atoms with Crippen molar-refractivity contribution in [1.29, 1.82) is 0 Å². The summed E-state index contributed by atoms with van der Waals surface area (Å²) in [6.07, 6.45) is 0. The SMILES string of the molecule is NNc1ccc([N+](=O)[O-])cc1.NNc1ccc([N+](=O)[O-])cc1.NNc1ccc([N+](=O)[O-])cc1.OP(O)O. The molecule has 0 spiro atoms. The van der Waals surface area contributed by atoms with Gasteiger partial charge in [-0.05, 0) is 36.4 Å². The van der Waals surface area contributed by atoms with Gasteiger partial charge in [0, 0.05) is 53.5 Å². The number of nitrogens with one attached hydrogen (secondary N) is 3. The molecule has 0 atom stereocenters. The molecule has 200 valence electrons. The van der Waals surface area contributed by atoms with Gasteiger partial charge in [-0.1, -0.05) is 0 Å². The van der Waals surface area contributed by atoms with Crippen molar-refractivity contribution in [3.8, 4) is 0 Å². The van der Waals surface area contributed by atoms with E-state index in [9.17, 15) is 30.3 Å². The number of anilines is 3. The number of hydrogen-bond donors (Lipinski definition) is 9. The maximum absolute atomic E-state index is 10.2. The maximum atomic E-state index is 10.2. The van der Waals surface area contributed by atoms with Crippen LogP contribution < -0.4 is 33.8 Å². The Kier molecular flexibility index (Phi) is 15.6. The number of nitrogen functional groups attached to an aromatic ring is 3. The lowest BCUT2D eigenvalue weighted by Crippen LogP contribution is -2.06. The van der Waals surface area contributed by atoms with E-state index in [1.54, 1.807) is 0 Å². The molecule has 0 amide bonds. The summed E-state index contributed by atoms with van der Waals surface area (Å²) in [5.41, 5.74) is 9.24. The van der Waals surface area contributed by atoms with Crippen molar-refractivity contribution in [1.82, 2.24) is 0 Å². The summed E-state index contributed by atoms with van der Waals surface area (Å²) in [4.78, 5) is 50.8. The van der Waals surface area contributed by atoms with Crippen molar-refractivity contribution in [2.24, 2.45) is 17.5 Å². The van der Waals surface area contributed by atoms with Crippen LogP contribution in [0, 0.1) is 30.3 Å². The summed E-state index contributed by atoms with van der Waals surface area (Å²) >= 11 is 0. The smallest absolute Gasteiger partial charge is 0.324 e. The molecule has 0 aliphatic rings. The average molecular weight is 541 g/mol. The molecular formula is C18H24N9O9P. The van der Waals surface area contributed by atoms with Crippen LogP contribution in [-0.2, 0) is 0 Å². The van der Waals surface area contributed by atoms with Gasteiger partial charge >= 0.3 is 8.60 Å². The van der Waals surface area contributed by atoms with Gasteiger partial charge in [-0.15, -0.1) is 0 Å². The Balaban J connectivity index is 0.000000490. The van der Waals surface area contributed by atoms with Gasteiger partial charge in [-0.2, -0.15) is 0 Å². The second kappa shape index (κ2) is 17.8. The number of hydrogen-bond acceptors (Lipinski definition) is 15. The highest BCUT2D eigenvalue weighted by atomic mass is 31.2. The topological polar surface area (TPSA) is 304 Å². The van der Waals surface area contributed by atoms with Crippen LogP contribution in [0.5, 0.6) is 0 Å². The van der Waals surface area contributed by atoms with E-state index in [2.05, 4.69) is 16.3 Å². The monoisotopic (exact) mass is 541 g/mol. The first-order valence-electron chi connectivity index (χ1n) is 9.45. The van der Waals surface area contributed by atoms with Crippen molar-refractivity contribution >= 4 is 42.7 Å². The van der Waals surface area contributed by atoms with Gasteiger partial charge in [-0.25, -0.2) is 0 Å². The predicted octanol–water partition coefficient (Wildman–Crippen LogP) is 1.83. The zero-order chi connectivity index (χ0) is 28.4. The molecule has 0 saturated heterocycles. The first-order chi connectivity index (χ1) is 17.4. The summed E-state index contributed by atoms with van der Waals surface area (Å²) in [6, 6.07) is 17.5. The molecule has 3 rings (SSSR count). The lowest BCUT2D eigenvalue weighted by atomic mass is 10.3. The Morgan fingerprint density at radius 1 is 0.514 bits per heavy atom. The van der Waals surface area contributed by atoms with Crippen molar-refractivity contribution in [3.05, 3.63) is 103 Å². The van der Waals surface area contributed by atoms with Gasteiger partial charge in [0.25, 0.3) is 17.1 Å². The van der Waals surface area contributed by atoms with Gasteiger partial charge in [0.1, 0.15) is 0 Å². The number of non-ortho nitro benzene ring substituents is 3. The minimum Gasteiger partial charge on any atom is -0.328 e. The second-order valence-electron chi connectivity index (χ2n) is 6.11. The van der Waals surface area contributed by atoms with Gasteiger partial charge < -0.3 is 31.0 Å². The van der Waals surface area contributed by atoms with Gasteiger partial charge in [0.15, 0.2) is 0 Å². The first kappa shape index (κ1) is 32.5. The highest BCUT2D eigenvalue weighted by molar-refractivity contribution is 7.38. The lowest BCUT2D eigenvalue weighted by molar-refractivity contribution is -0.385. The average Bonchev–Trinajstić information content (AvgIpc) is 2.89. The Labute approximate surface area is 209 Å². The number of nitrogens with two attached hydrogens (primary N) is 3. The van der Waals surface area contributed by atoms with Crippen LogP contribution in [0.2, 0.25) is 0 Å². The van der Waals surface area contributed by atoms with Crippen molar-refractivity contribution < 1.29 is 29.5 Å². The van der Waals surface area contributed by atoms with E-state index in [1.807, 2.05) is 0 Å². The Morgan fingerprint density at radius 2 is 0.676 bits per heavy atom. The van der Waals surface area contributed by atoms with Crippen molar-refractivity contribution in [2.45, 2.75) is 0 Å². The normalized spacial score (nSPS) is 9.16. The molecule has 37 heavy (non-hydrogen) atoms. The molecule has 12 N–H and O–H groups in total. The fourth-order valence-corrected chi connectivity index (χ4v) is 2.04. The third-order valence-corrected chi connectivity index (χ3v) is 3.73. The molecular weight excluding hydrogens is 517 g/mol. The quantitative estimate of drug-likeness (QED) is 0.0930. The zero-order valence-electron chi connectivity index (χ0n) is 18.7. The number of hydrazine groups is 3. The van der Waals surface area contributed by atoms with Crippen LogP contribution in [0.3, 0.4) is 0 Å². The van der Waals surface area contributed by atoms with Gasteiger partial charge in [-0.3, -0.25) is 47.9 Å². The molecule has 0 heterocycles. The molecule has 18 nitrogen and oxygen atoms in total. The van der Waals surface area contributed by atoms with Crippen LogP contribution in [0.1, 0.15) is 0 Å². The third-order valence-electron chi connectivity index (χ3n) is 3.73. The summed E-state index contributed by atoms with van der Waals surface area (Å²) in [6.45, 7) is 0. The van der Waals surface area contributed by atoms with Crippen LogP contribution in [0.4, 0.5) is 34.1 Å². The van der Waals surface area contributed by atoms with E-state index in [0.29, 0.717) is 17.1 Å². The minimum absolute atomic E-state index is 0.0593. The van der Waals surface area contributed by atoms with E-state index in [1.165, 1.54) is 72.8 Å². The Morgan fingerprint density at radius 3 is 0.784 bits per heavy atom. The van der Waals surface area contributed by atoms with Crippen LogP contribution in [0.15, 0.2) is 72.8 Å². The second-order valence-corrected chi connectivity index (χ2v) is 6.65. The van der Waals surface area contributed by atoms with E-state index >= 15 is 0 Å². The van der Waals surface area contributed by atoms with Crippen LogP contribution >= 0.6 is 8.60 Å². The van der Waals surface area contributed by atoms with Crippen molar-refractivity contribution in [3.63, 3.8) is 0 Å². The molecule has 19 heteroatoms. The van der Waals surface area contributed by atoms with Crippen LogP contribution in [-0.4, -0.2) is 29.5 Å². The molecule has 0 aliphatic heterocycles. The minimum atomic E-state index is -2.62. The van der Waals surface area contributed by atoms with Crippen molar-refractivity contribution in [2.75, 3.05) is 16.3 Å². The fraction of sp³-hybridized carbons (Fsp3) is 0. The summed E-state index contributed by atoms with van der Waals surface area (Å²) < 4.78 is 0. The Bertz CT molecular complexity index is 964. The zero-order valence-corrected chi connectivity index (χ0v) is 19.6. The first-order valence-corrected chi connectivity index (χ1v) is 10.6. The van der Waals surface area contributed by atoms with Crippen LogP contribution in [0.25, 0.3) is 0 Å². The van der Waals surface area contributed by atoms with E-state index in [0.717, 1.165) is 0 Å². The van der Waals surface area contributed by atoms with Gasteiger partial charge in [0.05, 0.1) is 14.8 Å². The third kappa shape index (κ3) is 14.4. The maximum Gasteiger partial charge on any atom is 0.324 e. The highest BCUT2D eigenvalue weighted by Gasteiger charge is 2.03. The lowest BCUT2D eigenvalue weighted by Gasteiger charge is -1.96. The fourth-order valence-electron chi connectivity index (χ4n) is 2.04. The number of nitro benzene ring substituents is 3. The number of nitrogens with zero attached hydrogens (tertiary/aromatic N) is 3. The van der Waals surface area contributed by atoms with Gasteiger partial charge in [0.2, 0.25) is 0 Å². The molecule has 0 unspecified atom stereocenters. The molecule has 0 fully saturated rings. The standard InChI is InChI=1S/3C6H7N3O2.H3O3P/c3*7-8-5-1-3-6(4-2-5)9(10)11;1-4(2)3/h3*1-4,8H,7H2;1-3H. The number of nitro groups is 3. The molecule has 0 bridgehead atoms. The summed E-state index contributed by atoms with van der Waals surface area (Å²) in [5.74, 6) is 15.2. The van der Waals surface area contributed by atoms with E-state index in [-0.39, 0.29) is 17.1 Å². The highest BCUT2D eigenvalue weighted by Crippen LogP contribution is 2.15. The molecule has 3 aromatic carbocycles. The molecule has 3 aromatic rings. The van der Waals surface area contributed by atoms with E-state index < -0.39 is 23.4 Å². The molecule has 0 aliphatic carbocycles. The number of benzene rings is 3.